The lowest BCUT2D eigenvalue weighted by molar-refractivity contribution is -0.117. The zero-order chi connectivity index (χ0) is 16.2. The Labute approximate surface area is 132 Å². The number of anilines is 1. The van der Waals surface area contributed by atoms with Crippen LogP contribution in [0.3, 0.4) is 0 Å². The summed E-state index contributed by atoms with van der Waals surface area (Å²) in [5.41, 5.74) is 0.531. The van der Waals surface area contributed by atoms with E-state index in [2.05, 4.69) is 5.32 Å². The van der Waals surface area contributed by atoms with E-state index in [9.17, 15) is 13.2 Å². The lowest BCUT2D eigenvalue weighted by atomic mass is 9.87. The molecule has 2 rings (SSSR count). The second-order valence-electron chi connectivity index (χ2n) is 6.07. The van der Waals surface area contributed by atoms with Gasteiger partial charge in [0.25, 0.3) is 0 Å². The van der Waals surface area contributed by atoms with Crippen molar-refractivity contribution in [2.75, 3.05) is 19.4 Å². The molecular weight excluding hydrogens is 300 g/mol. The maximum absolute atomic E-state index is 12.1. The average molecular weight is 324 g/mol. The number of hydrogen-bond donors (Lipinski definition) is 1. The monoisotopic (exact) mass is 324 g/mol. The number of nitrogens with zero attached hydrogens (tertiary/aromatic N) is 1. The number of rotatable bonds is 5. The number of benzene rings is 1. The van der Waals surface area contributed by atoms with Crippen LogP contribution in [-0.2, 0) is 14.8 Å². The second-order valence-corrected chi connectivity index (χ2v) is 8.22. The first-order chi connectivity index (χ1) is 10.4. The lowest BCUT2D eigenvalue weighted by Crippen LogP contribution is -2.22. The van der Waals surface area contributed by atoms with Crippen molar-refractivity contribution in [3.05, 3.63) is 24.3 Å². The van der Waals surface area contributed by atoms with Crippen LogP contribution in [0.1, 0.15) is 38.5 Å². The Morgan fingerprint density at radius 1 is 1.23 bits per heavy atom. The van der Waals surface area contributed by atoms with E-state index in [1.807, 2.05) is 0 Å². The van der Waals surface area contributed by atoms with Crippen LogP contribution in [0.15, 0.2) is 29.2 Å². The Kier molecular flexibility index (Phi) is 5.58. The summed E-state index contributed by atoms with van der Waals surface area (Å²) in [5.74, 6) is 0.425. The van der Waals surface area contributed by atoms with E-state index in [1.54, 1.807) is 12.1 Å². The van der Waals surface area contributed by atoms with Gasteiger partial charge in [-0.15, -0.1) is 0 Å². The highest BCUT2D eigenvalue weighted by Gasteiger charge is 2.19. The van der Waals surface area contributed by atoms with Crippen molar-refractivity contribution in [2.24, 2.45) is 5.92 Å². The zero-order valence-corrected chi connectivity index (χ0v) is 14.0. The van der Waals surface area contributed by atoms with Crippen molar-refractivity contribution >= 4 is 21.6 Å². The van der Waals surface area contributed by atoms with Crippen LogP contribution in [0.5, 0.6) is 0 Å². The Balaban J connectivity index is 2.02. The molecule has 1 aromatic carbocycles. The minimum Gasteiger partial charge on any atom is -0.326 e. The second kappa shape index (κ2) is 7.24. The predicted octanol–water partition coefficient (Wildman–Crippen LogP) is 2.85. The lowest BCUT2D eigenvalue weighted by Gasteiger charge is -2.21. The minimum atomic E-state index is -3.48. The molecule has 0 aliphatic heterocycles. The van der Waals surface area contributed by atoms with Crippen molar-refractivity contribution in [2.45, 2.75) is 43.4 Å². The van der Waals surface area contributed by atoms with Crippen molar-refractivity contribution in [3.8, 4) is 0 Å². The maximum Gasteiger partial charge on any atom is 0.242 e. The Bertz CT molecular complexity index is 620. The fourth-order valence-electron chi connectivity index (χ4n) is 2.81. The Morgan fingerprint density at radius 2 is 1.91 bits per heavy atom. The number of nitrogens with one attached hydrogen (secondary N) is 1. The number of carbonyl (C=O) groups is 1. The van der Waals surface area contributed by atoms with Crippen molar-refractivity contribution in [3.63, 3.8) is 0 Å². The van der Waals surface area contributed by atoms with Crippen LogP contribution < -0.4 is 5.32 Å². The van der Waals surface area contributed by atoms with Gasteiger partial charge in [0.05, 0.1) is 4.90 Å². The molecule has 0 radical (unpaired) electrons. The summed E-state index contributed by atoms with van der Waals surface area (Å²) in [6.07, 6.45) is 6.42. The summed E-state index contributed by atoms with van der Waals surface area (Å²) in [7, 11) is -0.501. The van der Waals surface area contributed by atoms with Gasteiger partial charge >= 0.3 is 0 Å². The summed E-state index contributed by atoms with van der Waals surface area (Å²) in [5, 5.41) is 2.82. The molecule has 1 aromatic rings. The molecule has 0 aromatic heterocycles. The number of amides is 1. The molecule has 1 aliphatic carbocycles. The highest BCUT2D eigenvalue weighted by Crippen LogP contribution is 2.27. The quantitative estimate of drug-likeness (QED) is 0.905. The van der Waals surface area contributed by atoms with Crippen LogP contribution in [0.25, 0.3) is 0 Å². The zero-order valence-electron chi connectivity index (χ0n) is 13.2. The van der Waals surface area contributed by atoms with Crippen molar-refractivity contribution < 1.29 is 13.2 Å². The summed E-state index contributed by atoms with van der Waals surface area (Å²) < 4.78 is 25.4. The first-order valence-corrected chi connectivity index (χ1v) is 9.16. The van der Waals surface area contributed by atoms with Crippen molar-refractivity contribution in [1.82, 2.24) is 4.31 Å². The number of hydrogen-bond acceptors (Lipinski definition) is 3. The van der Waals surface area contributed by atoms with E-state index in [-0.39, 0.29) is 10.8 Å². The third-order valence-corrected chi connectivity index (χ3v) is 5.91. The SMILES string of the molecule is CN(C)S(=O)(=O)c1cccc(NC(=O)CC2CCCCC2)c1. The molecule has 1 saturated carbocycles. The van der Waals surface area contributed by atoms with Gasteiger partial charge in [0, 0.05) is 26.2 Å². The van der Waals surface area contributed by atoms with Gasteiger partial charge in [-0.25, -0.2) is 12.7 Å². The normalized spacial score (nSPS) is 16.7. The van der Waals surface area contributed by atoms with Gasteiger partial charge in [0.15, 0.2) is 0 Å². The van der Waals surface area contributed by atoms with Gasteiger partial charge in [0.2, 0.25) is 15.9 Å². The highest BCUT2D eigenvalue weighted by atomic mass is 32.2. The van der Waals surface area contributed by atoms with Crippen LogP contribution in [0.2, 0.25) is 0 Å². The van der Waals surface area contributed by atoms with Crippen LogP contribution >= 0.6 is 0 Å². The summed E-state index contributed by atoms with van der Waals surface area (Å²) in [6, 6.07) is 6.40. The Hall–Kier alpha value is -1.40. The molecule has 0 saturated heterocycles. The van der Waals surface area contributed by atoms with E-state index >= 15 is 0 Å². The van der Waals surface area contributed by atoms with E-state index in [0.29, 0.717) is 18.0 Å². The first-order valence-electron chi connectivity index (χ1n) is 7.72. The fourth-order valence-corrected chi connectivity index (χ4v) is 3.76. The third-order valence-electron chi connectivity index (χ3n) is 4.10. The molecule has 0 unspecified atom stereocenters. The number of sulfonamides is 1. The largest absolute Gasteiger partial charge is 0.326 e. The molecule has 1 amide bonds. The molecule has 0 bridgehead atoms. The minimum absolute atomic E-state index is 0.0358. The van der Waals surface area contributed by atoms with Crippen molar-refractivity contribution in [1.29, 1.82) is 0 Å². The van der Waals surface area contributed by atoms with Gasteiger partial charge in [-0.1, -0.05) is 25.3 Å². The number of carbonyl (C=O) groups excluding carboxylic acids is 1. The van der Waals surface area contributed by atoms with Gasteiger partial charge < -0.3 is 5.32 Å². The van der Waals surface area contributed by atoms with E-state index in [4.69, 9.17) is 0 Å². The van der Waals surface area contributed by atoms with E-state index in [1.165, 1.54) is 45.5 Å². The molecule has 5 nitrogen and oxygen atoms in total. The summed E-state index contributed by atoms with van der Waals surface area (Å²) in [6.45, 7) is 0. The summed E-state index contributed by atoms with van der Waals surface area (Å²) in [4.78, 5) is 12.3. The highest BCUT2D eigenvalue weighted by molar-refractivity contribution is 7.89. The molecule has 1 aliphatic rings. The molecule has 122 valence electrons. The standard InChI is InChI=1S/C16H24N2O3S/c1-18(2)22(20,21)15-10-6-9-14(12-15)17-16(19)11-13-7-4-3-5-8-13/h6,9-10,12-13H,3-5,7-8,11H2,1-2H3,(H,17,19). The van der Waals surface area contributed by atoms with Gasteiger partial charge in [-0.2, -0.15) is 0 Å². The molecule has 0 atom stereocenters. The summed E-state index contributed by atoms with van der Waals surface area (Å²) >= 11 is 0. The fraction of sp³-hybridized carbons (Fsp3) is 0.562. The molecule has 1 N–H and O–H groups in total. The van der Waals surface area contributed by atoms with Gasteiger partial charge in [0.1, 0.15) is 0 Å². The first kappa shape index (κ1) is 17.0. The molecule has 22 heavy (non-hydrogen) atoms. The van der Waals surface area contributed by atoms with E-state index in [0.717, 1.165) is 17.1 Å². The molecular formula is C16H24N2O3S. The molecule has 0 heterocycles. The average Bonchev–Trinajstić information content (AvgIpc) is 2.48. The smallest absolute Gasteiger partial charge is 0.242 e. The Morgan fingerprint density at radius 3 is 2.55 bits per heavy atom. The van der Waals surface area contributed by atoms with E-state index < -0.39 is 10.0 Å². The molecule has 0 spiro atoms. The molecule has 1 fully saturated rings. The topological polar surface area (TPSA) is 66.5 Å². The van der Waals surface area contributed by atoms with Crippen LogP contribution in [-0.4, -0.2) is 32.7 Å². The third kappa shape index (κ3) is 4.30. The van der Waals surface area contributed by atoms with Crippen LogP contribution in [0.4, 0.5) is 5.69 Å². The van der Waals surface area contributed by atoms with Gasteiger partial charge in [-0.05, 0) is 37.0 Å². The van der Waals surface area contributed by atoms with Gasteiger partial charge in [-0.3, -0.25) is 4.79 Å². The maximum atomic E-state index is 12.1. The van der Waals surface area contributed by atoms with Crippen LogP contribution in [0, 0.1) is 5.92 Å². The molecule has 6 heteroatoms. The predicted molar refractivity (Wildman–Crippen MR) is 87.1 cm³/mol.